The van der Waals surface area contributed by atoms with E-state index >= 15 is 0 Å². The molecule has 1 aromatic heterocycles. The molecule has 5 heteroatoms. The van der Waals surface area contributed by atoms with Gasteiger partial charge in [0.05, 0.1) is 5.56 Å². The molecule has 24 heavy (non-hydrogen) atoms. The number of nitrogens with one attached hydrogen (secondary N) is 1. The van der Waals surface area contributed by atoms with Gasteiger partial charge in [0, 0.05) is 12.1 Å². The van der Waals surface area contributed by atoms with Gasteiger partial charge in [0.1, 0.15) is 11.5 Å². The van der Waals surface area contributed by atoms with Gasteiger partial charge in [-0.3, -0.25) is 9.69 Å². The fraction of sp³-hybridized carbons (Fsp3) is 0.421. The van der Waals surface area contributed by atoms with Crippen LogP contribution in [-0.4, -0.2) is 41.1 Å². The largest absolute Gasteiger partial charge is 0.507 e. The van der Waals surface area contributed by atoms with Crippen LogP contribution in [0, 0.1) is 5.92 Å². The van der Waals surface area contributed by atoms with Crippen molar-refractivity contribution in [2.75, 3.05) is 13.1 Å². The van der Waals surface area contributed by atoms with Gasteiger partial charge < -0.3 is 14.8 Å². The number of hydrogen-bond donors (Lipinski definition) is 2. The van der Waals surface area contributed by atoms with Crippen LogP contribution in [0.1, 0.15) is 30.3 Å². The fourth-order valence-electron chi connectivity index (χ4n) is 4.05. The molecule has 0 unspecified atom stereocenters. The molecule has 0 radical (unpaired) electrons. The highest BCUT2D eigenvalue weighted by atomic mass is 16.4. The highest BCUT2D eigenvalue weighted by Gasteiger charge is 2.40. The number of para-hydroxylation sites is 1. The SMILES string of the molecule is C[C@H]1[C@H](NC(=O)c2ccc(-c3ccccc3O)o2)C2CCN1CC2. The summed E-state index contributed by atoms with van der Waals surface area (Å²) in [5.41, 5.74) is 0.591. The van der Waals surface area contributed by atoms with Crippen molar-refractivity contribution < 1.29 is 14.3 Å². The number of phenolic OH excluding ortho intramolecular Hbond substituents is 1. The number of amides is 1. The van der Waals surface area contributed by atoms with Crippen LogP contribution in [0.2, 0.25) is 0 Å². The Hall–Kier alpha value is -2.27. The van der Waals surface area contributed by atoms with E-state index in [0.29, 0.717) is 23.3 Å². The third kappa shape index (κ3) is 2.59. The zero-order chi connectivity index (χ0) is 16.7. The summed E-state index contributed by atoms with van der Waals surface area (Å²) in [7, 11) is 0. The van der Waals surface area contributed by atoms with E-state index in [1.54, 1.807) is 30.3 Å². The van der Waals surface area contributed by atoms with Gasteiger partial charge in [0.2, 0.25) is 0 Å². The van der Waals surface area contributed by atoms with Gasteiger partial charge in [-0.1, -0.05) is 12.1 Å². The van der Waals surface area contributed by atoms with Crippen molar-refractivity contribution in [2.24, 2.45) is 5.92 Å². The quantitative estimate of drug-likeness (QED) is 0.910. The first-order valence-electron chi connectivity index (χ1n) is 8.56. The van der Waals surface area contributed by atoms with Crippen molar-refractivity contribution in [3.8, 4) is 17.1 Å². The average Bonchev–Trinajstić information content (AvgIpc) is 3.09. The molecule has 4 heterocycles. The van der Waals surface area contributed by atoms with Gasteiger partial charge in [-0.25, -0.2) is 0 Å². The van der Waals surface area contributed by atoms with Gasteiger partial charge in [-0.15, -0.1) is 0 Å². The standard InChI is InChI=1S/C19H22N2O3/c1-12-18(13-8-10-21(12)11-9-13)20-19(23)17-7-6-16(24-17)14-4-2-3-5-15(14)22/h2-7,12-13,18,22H,8-11H2,1H3,(H,20,23)/t12-,18-/m0/s1. The molecule has 0 saturated carbocycles. The number of benzene rings is 1. The van der Waals surface area contributed by atoms with Crippen LogP contribution in [0.25, 0.3) is 11.3 Å². The van der Waals surface area contributed by atoms with E-state index in [4.69, 9.17) is 4.42 Å². The summed E-state index contributed by atoms with van der Waals surface area (Å²) in [6.07, 6.45) is 2.30. The van der Waals surface area contributed by atoms with Gasteiger partial charge in [-0.05, 0) is 63.0 Å². The minimum Gasteiger partial charge on any atom is -0.507 e. The lowest BCUT2D eigenvalue weighted by atomic mass is 9.79. The van der Waals surface area contributed by atoms with E-state index < -0.39 is 0 Å². The molecule has 126 valence electrons. The van der Waals surface area contributed by atoms with E-state index in [2.05, 4.69) is 17.1 Å². The number of carbonyl (C=O) groups excluding carboxylic acids is 1. The molecule has 5 nitrogen and oxygen atoms in total. The number of hydrogen-bond acceptors (Lipinski definition) is 4. The number of rotatable bonds is 3. The van der Waals surface area contributed by atoms with Gasteiger partial charge in [0.15, 0.2) is 5.76 Å². The van der Waals surface area contributed by atoms with E-state index in [-0.39, 0.29) is 23.5 Å². The van der Waals surface area contributed by atoms with E-state index in [1.165, 1.54) is 0 Å². The molecule has 3 saturated heterocycles. The minimum atomic E-state index is -0.178. The van der Waals surface area contributed by atoms with Crippen LogP contribution in [-0.2, 0) is 0 Å². The number of nitrogens with zero attached hydrogens (tertiary/aromatic N) is 1. The van der Waals surface area contributed by atoms with Crippen LogP contribution in [0.15, 0.2) is 40.8 Å². The second-order valence-electron chi connectivity index (χ2n) is 6.79. The molecular formula is C19H22N2O3. The molecule has 0 aliphatic carbocycles. The highest BCUT2D eigenvalue weighted by Crippen LogP contribution is 2.33. The summed E-state index contributed by atoms with van der Waals surface area (Å²) in [4.78, 5) is 15.0. The van der Waals surface area contributed by atoms with Crippen LogP contribution in [0.5, 0.6) is 5.75 Å². The third-order valence-corrected chi connectivity index (χ3v) is 5.47. The summed E-state index contributed by atoms with van der Waals surface area (Å²) in [6, 6.07) is 10.9. The lowest BCUT2D eigenvalue weighted by molar-refractivity contribution is 0.0211. The third-order valence-electron chi connectivity index (χ3n) is 5.47. The zero-order valence-corrected chi connectivity index (χ0v) is 13.7. The van der Waals surface area contributed by atoms with Gasteiger partial charge in [0.25, 0.3) is 5.91 Å². The second-order valence-corrected chi connectivity index (χ2v) is 6.79. The molecule has 0 spiro atoms. The maximum atomic E-state index is 12.6. The Balaban J connectivity index is 1.51. The number of fused-ring (bicyclic) bond motifs is 3. The average molecular weight is 326 g/mol. The van der Waals surface area contributed by atoms with Crippen LogP contribution >= 0.6 is 0 Å². The summed E-state index contributed by atoms with van der Waals surface area (Å²) in [5, 5.41) is 13.1. The predicted molar refractivity (Wildman–Crippen MR) is 90.8 cm³/mol. The van der Waals surface area contributed by atoms with Crippen molar-refractivity contribution in [3.63, 3.8) is 0 Å². The smallest absolute Gasteiger partial charge is 0.287 e. The monoisotopic (exact) mass is 326 g/mol. The lowest BCUT2D eigenvalue weighted by Gasteiger charge is -2.49. The maximum Gasteiger partial charge on any atom is 0.287 e. The first-order chi connectivity index (χ1) is 11.6. The van der Waals surface area contributed by atoms with Crippen molar-refractivity contribution in [3.05, 3.63) is 42.2 Å². The molecule has 2 aromatic rings. The second kappa shape index (κ2) is 5.98. The number of phenols is 1. The van der Waals surface area contributed by atoms with Crippen molar-refractivity contribution >= 4 is 5.91 Å². The summed E-state index contributed by atoms with van der Waals surface area (Å²) in [6.45, 7) is 4.46. The normalized spacial score (nSPS) is 28.7. The molecule has 3 aliphatic heterocycles. The molecule has 1 aromatic carbocycles. The minimum absolute atomic E-state index is 0.143. The van der Waals surface area contributed by atoms with Gasteiger partial charge >= 0.3 is 0 Å². The van der Waals surface area contributed by atoms with E-state index in [0.717, 1.165) is 25.9 Å². The number of carbonyl (C=O) groups is 1. The molecule has 5 rings (SSSR count). The molecule has 3 aliphatic rings. The summed E-state index contributed by atoms with van der Waals surface area (Å²) in [5.74, 6) is 1.31. The highest BCUT2D eigenvalue weighted by molar-refractivity contribution is 5.92. The van der Waals surface area contributed by atoms with E-state index in [9.17, 15) is 9.90 Å². The fourth-order valence-corrected chi connectivity index (χ4v) is 4.05. The molecule has 1 amide bonds. The van der Waals surface area contributed by atoms with Gasteiger partial charge in [-0.2, -0.15) is 0 Å². The zero-order valence-electron chi connectivity index (χ0n) is 13.7. The maximum absolute atomic E-state index is 12.6. The Morgan fingerprint density at radius 3 is 2.67 bits per heavy atom. The topological polar surface area (TPSA) is 65.7 Å². The summed E-state index contributed by atoms with van der Waals surface area (Å²) >= 11 is 0. The molecule has 3 fully saturated rings. The van der Waals surface area contributed by atoms with Crippen molar-refractivity contribution in [1.29, 1.82) is 0 Å². The van der Waals surface area contributed by atoms with E-state index in [1.807, 2.05) is 6.07 Å². The Kier molecular flexibility index (Phi) is 3.81. The Bertz CT molecular complexity index is 745. The van der Waals surface area contributed by atoms with Crippen molar-refractivity contribution in [2.45, 2.75) is 31.8 Å². The number of aromatic hydroxyl groups is 1. The Morgan fingerprint density at radius 1 is 1.21 bits per heavy atom. The molecule has 2 bridgehead atoms. The summed E-state index contributed by atoms with van der Waals surface area (Å²) < 4.78 is 5.68. The Labute approximate surface area is 141 Å². The van der Waals surface area contributed by atoms with Crippen LogP contribution < -0.4 is 5.32 Å². The lowest BCUT2D eigenvalue weighted by Crippen LogP contribution is -2.62. The molecule has 2 N–H and O–H groups in total. The predicted octanol–water partition coefficient (Wildman–Crippen LogP) is 2.86. The molecule has 2 atom stereocenters. The van der Waals surface area contributed by atoms with Crippen molar-refractivity contribution in [1.82, 2.24) is 10.2 Å². The van der Waals surface area contributed by atoms with Crippen LogP contribution in [0.4, 0.5) is 0 Å². The first kappa shape index (κ1) is 15.3. The van der Waals surface area contributed by atoms with Crippen LogP contribution in [0.3, 0.4) is 0 Å². The first-order valence-corrected chi connectivity index (χ1v) is 8.56. The Morgan fingerprint density at radius 2 is 1.96 bits per heavy atom. The number of piperidine rings is 3. The molecular weight excluding hydrogens is 304 g/mol. The number of furan rings is 1.